The van der Waals surface area contributed by atoms with Gasteiger partial charge in [-0.3, -0.25) is 9.69 Å². The monoisotopic (exact) mass is 444 g/mol. The van der Waals surface area contributed by atoms with Gasteiger partial charge in [0.05, 0.1) is 40.6 Å². The van der Waals surface area contributed by atoms with E-state index in [2.05, 4.69) is 0 Å². The Hall–Kier alpha value is -2.48. The van der Waals surface area contributed by atoms with Crippen LogP contribution in [0.4, 0.5) is 5.13 Å². The molecule has 2 aromatic carbocycles. The zero-order valence-corrected chi connectivity index (χ0v) is 18.3. The zero-order chi connectivity index (χ0) is 21.3. The number of carbonyl (C=O) groups is 2. The maximum absolute atomic E-state index is 13.4. The van der Waals surface area contributed by atoms with Crippen molar-refractivity contribution in [3.05, 3.63) is 58.1 Å². The first kappa shape index (κ1) is 20.8. The SMILES string of the molecule is COC(=O)c1ccc(C(=O)N(CC2CCCO2)c2nc3c(C)ccc(Cl)c3s2)cc1. The van der Waals surface area contributed by atoms with E-state index in [0.717, 1.165) is 28.6 Å². The summed E-state index contributed by atoms with van der Waals surface area (Å²) in [6, 6.07) is 10.2. The quantitative estimate of drug-likeness (QED) is 0.525. The Morgan fingerprint density at radius 1 is 1.23 bits per heavy atom. The highest BCUT2D eigenvalue weighted by Crippen LogP contribution is 2.36. The van der Waals surface area contributed by atoms with Gasteiger partial charge in [-0.15, -0.1) is 0 Å². The summed E-state index contributed by atoms with van der Waals surface area (Å²) in [6.07, 6.45) is 1.84. The third kappa shape index (κ3) is 4.05. The first-order valence-electron chi connectivity index (χ1n) is 9.65. The van der Waals surface area contributed by atoms with Crippen LogP contribution in [-0.2, 0) is 9.47 Å². The molecule has 1 aromatic heterocycles. The third-order valence-electron chi connectivity index (χ3n) is 5.13. The van der Waals surface area contributed by atoms with Gasteiger partial charge in [-0.2, -0.15) is 0 Å². The van der Waals surface area contributed by atoms with Crippen LogP contribution in [0.5, 0.6) is 0 Å². The number of halogens is 1. The highest BCUT2D eigenvalue weighted by molar-refractivity contribution is 7.23. The van der Waals surface area contributed by atoms with Crippen molar-refractivity contribution in [2.75, 3.05) is 25.2 Å². The molecule has 0 radical (unpaired) electrons. The lowest BCUT2D eigenvalue weighted by atomic mass is 10.1. The van der Waals surface area contributed by atoms with Crippen LogP contribution in [0, 0.1) is 6.92 Å². The topological polar surface area (TPSA) is 68.7 Å². The van der Waals surface area contributed by atoms with E-state index in [1.807, 2.05) is 19.1 Å². The second-order valence-corrected chi connectivity index (χ2v) is 8.54. The molecule has 6 nitrogen and oxygen atoms in total. The van der Waals surface area contributed by atoms with E-state index < -0.39 is 5.97 Å². The lowest BCUT2D eigenvalue weighted by Gasteiger charge is -2.23. The van der Waals surface area contributed by atoms with E-state index in [1.165, 1.54) is 18.4 Å². The number of benzene rings is 2. The van der Waals surface area contributed by atoms with Gasteiger partial charge in [-0.25, -0.2) is 9.78 Å². The molecule has 1 saturated heterocycles. The third-order valence-corrected chi connectivity index (χ3v) is 6.66. The van der Waals surface area contributed by atoms with Crippen LogP contribution >= 0.6 is 22.9 Å². The van der Waals surface area contributed by atoms with Crippen LogP contribution in [0.2, 0.25) is 5.02 Å². The minimum atomic E-state index is -0.443. The minimum Gasteiger partial charge on any atom is -0.465 e. The summed E-state index contributed by atoms with van der Waals surface area (Å²) < 4.78 is 11.4. The Morgan fingerprint density at radius 3 is 2.60 bits per heavy atom. The summed E-state index contributed by atoms with van der Waals surface area (Å²) >= 11 is 7.77. The molecule has 8 heteroatoms. The van der Waals surface area contributed by atoms with Crippen LogP contribution < -0.4 is 4.90 Å². The lowest BCUT2D eigenvalue weighted by molar-refractivity contribution is 0.0600. The maximum Gasteiger partial charge on any atom is 0.337 e. The number of ether oxygens (including phenoxy) is 2. The van der Waals surface area contributed by atoms with E-state index in [-0.39, 0.29) is 12.0 Å². The van der Waals surface area contributed by atoms with E-state index in [1.54, 1.807) is 29.2 Å². The van der Waals surface area contributed by atoms with Crippen LogP contribution in [0.25, 0.3) is 10.2 Å². The number of fused-ring (bicyclic) bond motifs is 1. The highest BCUT2D eigenvalue weighted by Gasteiger charge is 2.27. The molecule has 1 atom stereocenters. The summed E-state index contributed by atoms with van der Waals surface area (Å²) in [5.41, 5.74) is 2.65. The molecule has 0 spiro atoms. The van der Waals surface area contributed by atoms with Crippen molar-refractivity contribution in [2.45, 2.75) is 25.9 Å². The van der Waals surface area contributed by atoms with Gasteiger partial charge in [0.1, 0.15) is 0 Å². The molecule has 30 heavy (non-hydrogen) atoms. The molecule has 156 valence electrons. The molecule has 1 aliphatic rings. The lowest BCUT2D eigenvalue weighted by Crippen LogP contribution is -2.37. The van der Waals surface area contributed by atoms with Gasteiger partial charge in [-0.1, -0.05) is 29.0 Å². The molecule has 1 aliphatic heterocycles. The standard InChI is InChI=1S/C22H21ClN2O4S/c1-13-5-10-17(23)19-18(13)24-22(30-19)25(12-16-4-3-11-29-16)20(26)14-6-8-15(9-7-14)21(27)28-2/h5-10,16H,3-4,11-12H2,1-2H3. The summed E-state index contributed by atoms with van der Waals surface area (Å²) in [7, 11) is 1.32. The highest BCUT2D eigenvalue weighted by atomic mass is 35.5. The zero-order valence-electron chi connectivity index (χ0n) is 16.7. The molecule has 0 saturated carbocycles. The first-order chi connectivity index (χ1) is 14.5. The average molecular weight is 445 g/mol. The minimum absolute atomic E-state index is 0.0353. The van der Waals surface area contributed by atoms with Crippen LogP contribution in [0.3, 0.4) is 0 Å². The number of thiazole rings is 1. The Labute approximate surface area is 183 Å². The summed E-state index contributed by atoms with van der Waals surface area (Å²) in [5.74, 6) is -0.642. The summed E-state index contributed by atoms with van der Waals surface area (Å²) in [6.45, 7) is 3.08. The molecule has 0 bridgehead atoms. The largest absolute Gasteiger partial charge is 0.465 e. The van der Waals surface area contributed by atoms with Gasteiger partial charge in [0.15, 0.2) is 5.13 Å². The van der Waals surface area contributed by atoms with E-state index in [9.17, 15) is 9.59 Å². The van der Waals surface area contributed by atoms with Gasteiger partial charge in [0, 0.05) is 12.2 Å². The fraction of sp³-hybridized carbons (Fsp3) is 0.318. The van der Waals surface area contributed by atoms with E-state index in [4.69, 9.17) is 26.1 Å². The number of anilines is 1. The van der Waals surface area contributed by atoms with Crippen LogP contribution in [0.1, 0.15) is 39.1 Å². The number of carbonyl (C=O) groups excluding carboxylic acids is 2. The Kier molecular flexibility index (Phi) is 6.04. The van der Waals surface area contributed by atoms with Crippen molar-refractivity contribution in [1.29, 1.82) is 0 Å². The molecule has 0 aliphatic carbocycles. The fourth-order valence-corrected chi connectivity index (χ4v) is 4.79. The number of nitrogens with zero attached hydrogens (tertiary/aromatic N) is 2. The van der Waals surface area contributed by atoms with Gasteiger partial charge in [0.25, 0.3) is 5.91 Å². The molecule has 1 amide bonds. The van der Waals surface area contributed by atoms with E-state index >= 15 is 0 Å². The second-order valence-electron chi connectivity index (χ2n) is 7.16. The molecule has 2 heterocycles. The van der Waals surface area contributed by atoms with Gasteiger partial charge >= 0.3 is 5.97 Å². The number of hydrogen-bond donors (Lipinski definition) is 0. The normalized spacial score (nSPS) is 16.0. The number of aryl methyl sites for hydroxylation is 1. The van der Waals surface area contributed by atoms with Crippen molar-refractivity contribution in [3.63, 3.8) is 0 Å². The molecule has 0 N–H and O–H groups in total. The van der Waals surface area contributed by atoms with Crippen molar-refractivity contribution < 1.29 is 19.1 Å². The number of rotatable bonds is 5. The van der Waals surface area contributed by atoms with Gasteiger partial charge < -0.3 is 9.47 Å². The van der Waals surface area contributed by atoms with Crippen LogP contribution in [-0.4, -0.2) is 43.2 Å². The molecule has 3 aromatic rings. The summed E-state index contributed by atoms with van der Waals surface area (Å²) in [4.78, 5) is 31.5. The van der Waals surface area contributed by atoms with Gasteiger partial charge in [0.2, 0.25) is 0 Å². The smallest absolute Gasteiger partial charge is 0.337 e. The maximum atomic E-state index is 13.4. The first-order valence-corrected chi connectivity index (χ1v) is 10.8. The van der Waals surface area contributed by atoms with Crippen molar-refractivity contribution in [2.24, 2.45) is 0 Å². The van der Waals surface area contributed by atoms with Gasteiger partial charge in [-0.05, 0) is 55.7 Å². The number of amides is 1. The molecule has 1 fully saturated rings. The number of hydrogen-bond acceptors (Lipinski definition) is 6. The van der Waals surface area contributed by atoms with Crippen molar-refractivity contribution >= 4 is 50.2 Å². The van der Waals surface area contributed by atoms with Crippen molar-refractivity contribution in [1.82, 2.24) is 4.98 Å². The van der Waals surface area contributed by atoms with Crippen LogP contribution in [0.15, 0.2) is 36.4 Å². The average Bonchev–Trinajstić information content (AvgIpc) is 3.44. The Bertz CT molecular complexity index is 1050. The Morgan fingerprint density at radius 2 is 1.97 bits per heavy atom. The molecule has 1 unspecified atom stereocenters. The second kappa shape index (κ2) is 8.71. The fourth-order valence-electron chi connectivity index (χ4n) is 3.47. The molecular weight excluding hydrogens is 424 g/mol. The van der Waals surface area contributed by atoms with E-state index in [0.29, 0.717) is 34.4 Å². The van der Waals surface area contributed by atoms with Crippen molar-refractivity contribution in [3.8, 4) is 0 Å². The molecule has 4 rings (SSSR count). The predicted molar refractivity (Wildman–Crippen MR) is 118 cm³/mol. The predicted octanol–water partition coefficient (Wildman–Crippen LogP) is 4.87. The summed E-state index contributed by atoms with van der Waals surface area (Å²) in [5, 5.41) is 1.20. The molecular formula is C22H21ClN2O4S. The number of esters is 1. The Balaban J connectivity index is 1.71. The number of methoxy groups -OCH3 is 1. The number of aromatic nitrogens is 1.